The molecule has 0 radical (unpaired) electrons. The molecule has 1 aliphatic heterocycles. The molecule has 2 N–H and O–H groups in total. The van der Waals surface area contributed by atoms with Crippen LogP contribution in [0.4, 0.5) is 10.5 Å². The Bertz CT molecular complexity index is 347. The Kier molecular flexibility index (Phi) is 2.87. The molecule has 0 bridgehead atoms. The summed E-state index contributed by atoms with van der Waals surface area (Å²) in [5.74, 6) is 0. The second kappa shape index (κ2) is 4.31. The molecule has 0 spiro atoms. The van der Waals surface area contributed by atoms with Crippen LogP contribution in [0.2, 0.25) is 0 Å². The number of amides is 2. The zero-order valence-corrected chi connectivity index (χ0v) is 8.79. The summed E-state index contributed by atoms with van der Waals surface area (Å²) in [6.45, 7) is 2.34. The van der Waals surface area contributed by atoms with Gasteiger partial charge < -0.3 is 10.6 Å². The second-order valence-electron chi connectivity index (χ2n) is 3.58. The smallest absolute Gasteiger partial charge is 0.321 e. The van der Waals surface area contributed by atoms with Gasteiger partial charge >= 0.3 is 6.03 Å². The van der Waals surface area contributed by atoms with E-state index in [4.69, 9.17) is 0 Å². The van der Waals surface area contributed by atoms with Crippen molar-refractivity contribution in [3.05, 3.63) is 29.8 Å². The van der Waals surface area contributed by atoms with E-state index in [2.05, 4.69) is 10.6 Å². The van der Waals surface area contributed by atoms with Crippen molar-refractivity contribution >= 4 is 11.7 Å². The molecule has 0 atom stereocenters. The molecule has 4 nitrogen and oxygen atoms in total. The molecule has 2 rings (SSSR count). The lowest BCUT2D eigenvalue weighted by Gasteiger charge is -2.14. The molecule has 4 heteroatoms. The average molecular weight is 205 g/mol. The number of hydrogen-bond donors (Lipinski definition) is 2. The van der Waals surface area contributed by atoms with Gasteiger partial charge in [0.25, 0.3) is 0 Å². The SMILES string of the molecule is CNCc1ccc(N2CCNC2=O)cc1. The van der Waals surface area contributed by atoms with Crippen molar-refractivity contribution < 1.29 is 4.79 Å². The quantitative estimate of drug-likeness (QED) is 0.771. The summed E-state index contributed by atoms with van der Waals surface area (Å²) in [5, 5.41) is 5.87. The summed E-state index contributed by atoms with van der Waals surface area (Å²) in [4.78, 5) is 13.1. The van der Waals surface area contributed by atoms with Gasteiger partial charge in [0.2, 0.25) is 0 Å². The fourth-order valence-electron chi connectivity index (χ4n) is 1.72. The number of anilines is 1. The van der Waals surface area contributed by atoms with E-state index in [1.165, 1.54) is 5.56 Å². The van der Waals surface area contributed by atoms with Crippen LogP contribution in [-0.4, -0.2) is 26.2 Å². The van der Waals surface area contributed by atoms with Crippen molar-refractivity contribution in [2.75, 3.05) is 25.0 Å². The molecule has 1 saturated heterocycles. The molecule has 0 aliphatic carbocycles. The number of benzene rings is 1. The zero-order valence-electron chi connectivity index (χ0n) is 8.79. The summed E-state index contributed by atoms with van der Waals surface area (Å²) >= 11 is 0. The van der Waals surface area contributed by atoms with Gasteiger partial charge in [-0.3, -0.25) is 4.90 Å². The number of carbonyl (C=O) groups excluding carboxylic acids is 1. The van der Waals surface area contributed by atoms with E-state index in [0.717, 1.165) is 25.3 Å². The monoisotopic (exact) mass is 205 g/mol. The minimum Gasteiger partial charge on any atom is -0.336 e. The van der Waals surface area contributed by atoms with Crippen molar-refractivity contribution in [2.45, 2.75) is 6.54 Å². The standard InChI is InChI=1S/C11H15N3O/c1-12-8-9-2-4-10(5-3-9)14-7-6-13-11(14)15/h2-5,12H,6-8H2,1H3,(H,13,15). The maximum absolute atomic E-state index is 11.4. The minimum absolute atomic E-state index is 0.00336. The van der Waals surface area contributed by atoms with Crippen LogP contribution in [0.15, 0.2) is 24.3 Å². The average Bonchev–Trinajstić information content (AvgIpc) is 2.66. The lowest BCUT2D eigenvalue weighted by molar-refractivity contribution is 0.252. The van der Waals surface area contributed by atoms with Gasteiger partial charge in [0.15, 0.2) is 0 Å². The Morgan fingerprint density at radius 2 is 2.13 bits per heavy atom. The molecule has 1 aromatic rings. The lowest BCUT2D eigenvalue weighted by Crippen LogP contribution is -2.27. The topological polar surface area (TPSA) is 44.4 Å². The minimum atomic E-state index is -0.00336. The Balaban J connectivity index is 2.12. The van der Waals surface area contributed by atoms with Crippen molar-refractivity contribution in [1.82, 2.24) is 10.6 Å². The van der Waals surface area contributed by atoms with E-state index in [1.807, 2.05) is 31.3 Å². The fraction of sp³-hybridized carbons (Fsp3) is 0.364. The van der Waals surface area contributed by atoms with E-state index in [0.29, 0.717) is 0 Å². The fourth-order valence-corrected chi connectivity index (χ4v) is 1.72. The molecule has 1 aliphatic rings. The van der Waals surface area contributed by atoms with E-state index >= 15 is 0 Å². The second-order valence-corrected chi connectivity index (χ2v) is 3.58. The normalized spacial score (nSPS) is 15.5. The third-order valence-corrected chi connectivity index (χ3v) is 2.49. The number of hydrogen-bond acceptors (Lipinski definition) is 2. The first-order chi connectivity index (χ1) is 7.31. The van der Waals surface area contributed by atoms with Crippen LogP contribution in [0, 0.1) is 0 Å². The van der Waals surface area contributed by atoms with Gasteiger partial charge in [0.1, 0.15) is 0 Å². The number of nitrogens with one attached hydrogen (secondary N) is 2. The number of nitrogens with zero attached hydrogens (tertiary/aromatic N) is 1. The third-order valence-electron chi connectivity index (χ3n) is 2.49. The van der Waals surface area contributed by atoms with E-state index in [1.54, 1.807) is 4.90 Å². The van der Waals surface area contributed by atoms with E-state index < -0.39 is 0 Å². The molecule has 0 unspecified atom stereocenters. The highest BCUT2D eigenvalue weighted by molar-refractivity contribution is 5.93. The van der Waals surface area contributed by atoms with Crippen molar-refractivity contribution in [2.24, 2.45) is 0 Å². The van der Waals surface area contributed by atoms with Crippen LogP contribution in [0.5, 0.6) is 0 Å². The summed E-state index contributed by atoms with van der Waals surface area (Å²) < 4.78 is 0. The summed E-state index contributed by atoms with van der Waals surface area (Å²) in [7, 11) is 1.92. The summed E-state index contributed by atoms with van der Waals surface area (Å²) in [6.07, 6.45) is 0. The van der Waals surface area contributed by atoms with Crippen LogP contribution < -0.4 is 15.5 Å². The van der Waals surface area contributed by atoms with Crippen LogP contribution in [0.3, 0.4) is 0 Å². The summed E-state index contributed by atoms with van der Waals surface area (Å²) in [6, 6.07) is 8.04. The van der Waals surface area contributed by atoms with E-state index in [9.17, 15) is 4.79 Å². The lowest BCUT2D eigenvalue weighted by atomic mass is 10.2. The summed E-state index contributed by atoms with van der Waals surface area (Å²) in [5.41, 5.74) is 2.19. The number of rotatable bonds is 3. The first-order valence-electron chi connectivity index (χ1n) is 5.10. The van der Waals surface area contributed by atoms with Crippen molar-refractivity contribution in [1.29, 1.82) is 0 Å². The molecule has 2 amide bonds. The van der Waals surface area contributed by atoms with Crippen molar-refractivity contribution in [3.63, 3.8) is 0 Å². The predicted octanol–water partition coefficient (Wildman–Crippen LogP) is 0.936. The van der Waals surface area contributed by atoms with Crippen molar-refractivity contribution in [3.8, 4) is 0 Å². The first-order valence-corrected chi connectivity index (χ1v) is 5.10. The molecule has 1 aromatic carbocycles. The molecule has 1 fully saturated rings. The molecular weight excluding hydrogens is 190 g/mol. The highest BCUT2D eigenvalue weighted by atomic mass is 16.2. The third kappa shape index (κ3) is 2.10. The van der Waals surface area contributed by atoms with Crippen LogP contribution in [0.1, 0.15) is 5.56 Å². The highest BCUT2D eigenvalue weighted by Crippen LogP contribution is 2.16. The largest absolute Gasteiger partial charge is 0.336 e. The van der Waals surface area contributed by atoms with Gasteiger partial charge in [0, 0.05) is 25.3 Å². The van der Waals surface area contributed by atoms with Crippen LogP contribution in [-0.2, 0) is 6.54 Å². The van der Waals surface area contributed by atoms with Gasteiger partial charge in [-0.1, -0.05) is 12.1 Å². The predicted molar refractivity (Wildman–Crippen MR) is 60.0 cm³/mol. The van der Waals surface area contributed by atoms with Gasteiger partial charge in [-0.2, -0.15) is 0 Å². The Morgan fingerprint density at radius 1 is 1.40 bits per heavy atom. The Hall–Kier alpha value is -1.55. The molecule has 80 valence electrons. The van der Waals surface area contributed by atoms with E-state index in [-0.39, 0.29) is 6.03 Å². The van der Waals surface area contributed by atoms with Crippen LogP contribution in [0.25, 0.3) is 0 Å². The maximum Gasteiger partial charge on any atom is 0.321 e. The molecular formula is C11H15N3O. The van der Waals surface area contributed by atoms with Crippen LogP contribution >= 0.6 is 0 Å². The number of urea groups is 1. The van der Waals surface area contributed by atoms with Gasteiger partial charge in [-0.05, 0) is 24.7 Å². The molecule has 15 heavy (non-hydrogen) atoms. The van der Waals surface area contributed by atoms with Gasteiger partial charge in [0.05, 0.1) is 0 Å². The zero-order chi connectivity index (χ0) is 10.7. The molecule has 0 aromatic heterocycles. The number of carbonyl (C=O) groups is 1. The highest BCUT2D eigenvalue weighted by Gasteiger charge is 2.20. The van der Waals surface area contributed by atoms with Gasteiger partial charge in [-0.25, -0.2) is 4.79 Å². The van der Waals surface area contributed by atoms with Gasteiger partial charge in [-0.15, -0.1) is 0 Å². The molecule has 0 saturated carbocycles. The molecule has 1 heterocycles. The Morgan fingerprint density at radius 3 is 2.67 bits per heavy atom. The maximum atomic E-state index is 11.4. The Labute approximate surface area is 89.3 Å². The first kappa shape index (κ1) is 9.98.